The van der Waals surface area contributed by atoms with Gasteiger partial charge in [0.1, 0.15) is 0 Å². The predicted octanol–water partition coefficient (Wildman–Crippen LogP) is 2.67. The van der Waals surface area contributed by atoms with Crippen molar-refractivity contribution in [3.63, 3.8) is 0 Å². The van der Waals surface area contributed by atoms with Gasteiger partial charge >= 0.3 is 8.60 Å². The Bertz CT molecular complexity index is 218. The Morgan fingerprint density at radius 1 is 0.632 bits per heavy atom. The zero-order valence-corrected chi connectivity index (χ0v) is 11.9. The Labute approximate surface area is 114 Å². The molecule has 3 saturated heterocycles. The van der Waals surface area contributed by atoms with Crippen LogP contribution in [0.25, 0.3) is 0 Å². The molecule has 0 aromatic carbocycles. The summed E-state index contributed by atoms with van der Waals surface area (Å²) in [7, 11) is -1.47. The smallest absolute Gasteiger partial charge is 0.339 e. The molecule has 3 rings (SSSR count). The molecule has 110 valence electrons. The van der Waals surface area contributed by atoms with Crippen LogP contribution in [-0.2, 0) is 27.8 Å². The summed E-state index contributed by atoms with van der Waals surface area (Å²) >= 11 is 0. The summed E-state index contributed by atoms with van der Waals surface area (Å²) in [6.07, 6.45) is 5.10. The van der Waals surface area contributed by atoms with E-state index in [0.29, 0.717) is 0 Å². The Kier molecular flexibility index (Phi) is 5.41. The van der Waals surface area contributed by atoms with Crippen molar-refractivity contribution in [3.05, 3.63) is 0 Å². The van der Waals surface area contributed by atoms with E-state index in [1.54, 1.807) is 0 Å². The van der Waals surface area contributed by atoms with Gasteiger partial charge in [0.05, 0.1) is 0 Å². The predicted molar refractivity (Wildman–Crippen MR) is 67.1 cm³/mol. The molecule has 3 aliphatic rings. The van der Waals surface area contributed by atoms with Gasteiger partial charge in [-0.15, -0.1) is 0 Å². The van der Waals surface area contributed by atoms with Crippen molar-refractivity contribution in [3.8, 4) is 0 Å². The zero-order chi connectivity index (χ0) is 12.9. The van der Waals surface area contributed by atoms with Crippen LogP contribution in [0.15, 0.2) is 0 Å². The maximum Gasteiger partial charge on any atom is 0.339 e. The van der Waals surface area contributed by atoms with Gasteiger partial charge in [-0.1, -0.05) is 0 Å². The lowest BCUT2D eigenvalue weighted by molar-refractivity contribution is -0.114. The van der Waals surface area contributed by atoms with Crippen LogP contribution in [0.1, 0.15) is 38.5 Å². The first kappa shape index (κ1) is 14.1. The molecular weight excluding hydrogens is 271 g/mol. The van der Waals surface area contributed by atoms with Gasteiger partial charge in [-0.25, -0.2) is 0 Å². The Morgan fingerprint density at radius 3 is 1.26 bits per heavy atom. The third kappa shape index (κ3) is 4.33. The standard InChI is InChI=1S/C12H21O6P/c1-4-10(13-7-1)16-19(17-11-5-2-8-14-11)18-12-6-3-9-15-12/h10-12H,1-9H2. The summed E-state index contributed by atoms with van der Waals surface area (Å²) < 4.78 is 33.7. The Hall–Kier alpha value is 0.190. The summed E-state index contributed by atoms with van der Waals surface area (Å²) in [5, 5.41) is 0. The van der Waals surface area contributed by atoms with Crippen LogP contribution in [0.3, 0.4) is 0 Å². The second-order valence-electron chi connectivity index (χ2n) is 4.87. The molecule has 3 atom stereocenters. The van der Waals surface area contributed by atoms with E-state index in [4.69, 9.17) is 27.8 Å². The van der Waals surface area contributed by atoms with Crippen LogP contribution in [-0.4, -0.2) is 38.7 Å². The molecule has 0 aromatic rings. The van der Waals surface area contributed by atoms with Crippen LogP contribution in [0.4, 0.5) is 0 Å². The van der Waals surface area contributed by atoms with Gasteiger partial charge in [0, 0.05) is 39.1 Å². The highest BCUT2D eigenvalue weighted by molar-refractivity contribution is 7.41. The molecule has 3 aliphatic heterocycles. The average molecular weight is 292 g/mol. The number of hydrogen-bond donors (Lipinski definition) is 0. The first-order valence-electron chi connectivity index (χ1n) is 7.05. The molecule has 3 unspecified atom stereocenters. The molecule has 0 saturated carbocycles. The fourth-order valence-electron chi connectivity index (χ4n) is 2.26. The molecular formula is C12H21O6P. The molecule has 3 fully saturated rings. The molecule has 19 heavy (non-hydrogen) atoms. The van der Waals surface area contributed by atoms with E-state index < -0.39 is 8.60 Å². The van der Waals surface area contributed by atoms with Crippen molar-refractivity contribution in [1.82, 2.24) is 0 Å². The van der Waals surface area contributed by atoms with Gasteiger partial charge in [0.15, 0.2) is 18.9 Å². The van der Waals surface area contributed by atoms with E-state index >= 15 is 0 Å². The van der Waals surface area contributed by atoms with Gasteiger partial charge in [0.2, 0.25) is 0 Å². The average Bonchev–Trinajstić information content (AvgIpc) is 3.10. The van der Waals surface area contributed by atoms with E-state index in [0.717, 1.165) is 58.3 Å². The SMILES string of the molecule is C1COC(OP(OC2CCCO2)OC2CCCO2)C1. The minimum absolute atomic E-state index is 0.214. The van der Waals surface area contributed by atoms with Crippen molar-refractivity contribution in [2.75, 3.05) is 19.8 Å². The van der Waals surface area contributed by atoms with Crippen molar-refractivity contribution in [1.29, 1.82) is 0 Å². The lowest BCUT2D eigenvalue weighted by atomic mass is 10.4. The van der Waals surface area contributed by atoms with Gasteiger partial charge < -0.3 is 14.2 Å². The van der Waals surface area contributed by atoms with E-state index in [1.165, 1.54) is 0 Å². The van der Waals surface area contributed by atoms with Crippen molar-refractivity contribution in [2.24, 2.45) is 0 Å². The van der Waals surface area contributed by atoms with Gasteiger partial charge in [-0.2, -0.15) is 0 Å². The topological polar surface area (TPSA) is 55.4 Å². The van der Waals surface area contributed by atoms with Crippen LogP contribution in [0.5, 0.6) is 0 Å². The van der Waals surface area contributed by atoms with Crippen molar-refractivity contribution < 1.29 is 27.8 Å². The lowest BCUT2D eigenvalue weighted by Gasteiger charge is -2.24. The maximum absolute atomic E-state index is 5.77. The number of ether oxygens (including phenoxy) is 3. The van der Waals surface area contributed by atoms with Crippen LogP contribution < -0.4 is 0 Å². The fourth-order valence-corrected chi connectivity index (χ4v) is 3.48. The molecule has 0 bridgehead atoms. The number of rotatable bonds is 6. The van der Waals surface area contributed by atoms with E-state index in [-0.39, 0.29) is 18.9 Å². The summed E-state index contributed by atoms with van der Waals surface area (Å²) in [6, 6.07) is 0. The molecule has 6 nitrogen and oxygen atoms in total. The summed E-state index contributed by atoms with van der Waals surface area (Å²) in [5.41, 5.74) is 0. The highest BCUT2D eigenvalue weighted by Gasteiger charge is 2.31. The Morgan fingerprint density at radius 2 is 1.00 bits per heavy atom. The Balaban J connectivity index is 1.49. The highest BCUT2D eigenvalue weighted by atomic mass is 31.2. The molecule has 0 amide bonds. The van der Waals surface area contributed by atoms with Gasteiger partial charge in [0.25, 0.3) is 0 Å². The van der Waals surface area contributed by atoms with Crippen molar-refractivity contribution >= 4 is 8.60 Å². The molecule has 3 heterocycles. The van der Waals surface area contributed by atoms with E-state index in [9.17, 15) is 0 Å². The van der Waals surface area contributed by atoms with Gasteiger partial charge in [-0.3, -0.25) is 13.6 Å². The van der Waals surface area contributed by atoms with Gasteiger partial charge in [-0.05, 0) is 19.3 Å². The van der Waals surface area contributed by atoms with E-state index in [2.05, 4.69) is 0 Å². The second-order valence-corrected chi connectivity index (χ2v) is 5.95. The minimum Gasteiger partial charge on any atom is -0.352 e. The second kappa shape index (κ2) is 7.27. The first-order valence-corrected chi connectivity index (χ1v) is 8.15. The molecule has 0 N–H and O–H groups in total. The van der Waals surface area contributed by atoms with Crippen LogP contribution in [0, 0.1) is 0 Å². The first-order chi connectivity index (χ1) is 9.40. The molecule has 0 radical (unpaired) electrons. The zero-order valence-electron chi connectivity index (χ0n) is 11.0. The minimum atomic E-state index is -1.47. The quantitative estimate of drug-likeness (QED) is 0.702. The monoisotopic (exact) mass is 292 g/mol. The molecule has 7 heteroatoms. The largest absolute Gasteiger partial charge is 0.352 e. The van der Waals surface area contributed by atoms with Crippen LogP contribution >= 0.6 is 8.60 Å². The number of hydrogen-bond acceptors (Lipinski definition) is 6. The summed E-state index contributed by atoms with van der Waals surface area (Å²) in [4.78, 5) is 0. The third-order valence-electron chi connectivity index (χ3n) is 3.27. The maximum atomic E-state index is 5.77. The molecule has 0 spiro atoms. The summed E-state index contributed by atoms with van der Waals surface area (Å²) in [6.45, 7) is 2.23. The fraction of sp³-hybridized carbons (Fsp3) is 1.00. The normalized spacial score (nSPS) is 36.9. The van der Waals surface area contributed by atoms with Crippen LogP contribution in [0.2, 0.25) is 0 Å². The van der Waals surface area contributed by atoms with Crippen molar-refractivity contribution in [2.45, 2.75) is 57.4 Å². The van der Waals surface area contributed by atoms with E-state index in [1.807, 2.05) is 0 Å². The lowest BCUT2D eigenvalue weighted by Crippen LogP contribution is -2.17. The summed E-state index contributed by atoms with van der Waals surface area (Å²) in [5.74, 6) is 0. The molecule has 0 aromatic heterocycles. The molecule has 0 aliphatic carbocycles. The third-order valence-corrected chi connectivity index (χ3v) is 4.50. The highest BCUT2D eigenvalue weighted by Crippen LogP contribution is 2.47.